The molecule has 0 aliphatic rings. The normalized spacial score (nSPS) is 11.1. The molecule has 1 rings (SSSR count). The first-order valence-electron chi connectivity index (χ1n) is 4.54. The smallest absolute Gasteiger partial charge is 0.0682 e. The van der Waals surface area contributed by atoms with Crippen molar-refractivity contribution in [3.8, 4) is 0 Å². The van der Waals surface area contributed by atoms with Crippen LogP contribution >= 0.6 is 11.6 Å². The minimum atomic E-state index is 0.0366. The van der Waals surface area contributed by atoms with E-state index in [1.165, 1.54) is 0 Å². The van der Waals surface area contributed by atoms with E-state index in [1.807, 2.05) is 24.3 Å². The van der Waals surface area contributed by atoms with Gasteiger partial charge < -0.3 is 10.8 Å². The third-order valence-corrected chi connectivity index (χ3v) is 2.22. The zero-order chi connectivity index (χ0) is 10.4. The minimum absolute atomic E-state index is 0.0366. The average Bonchev–Trinajstić information content (AvgIpc) is 2.21. The second-order valence-corrected chi connectivity index (χ2v) is 3.40. The first-order valence-corrected chi connectivity index (χ1v) is 4.91. The molecule has 3 heteroatoms. The molecule has 0 unspecified atom stereocenters. The third-order valence-electron chi connectivity index (χ3n) is 1.87. The van der Waals surface area contributed by atoms with Crippen molar-refractivity contribution < 1.29 is 5.11 Å². The lowest BCUT2D eigenvalue weighted by molar-refractivity contribution is 0.282. The predicted octanol–water partition coefficient (Wildman–Crippen LogP) is 2.19. The van der Waals surface area contributed by atoms with Crippen LogP contribution in [0.5, 0.6) is 0 Å². The van der Waals surface area contributed by atoms with Crippen LogP contribution in [0.15, 0.2) is 24.3 Å². The van der Waals surface area contributed by atoms with Gasteiger partial charge in [0.1, 0.15) is 0 Å². The van der Waals surface area contributed by atoms with Gasteiger partial charge in [-0.1, -0.05) is 29.8 Å². The van der Waals surface area contributed by atoms with E-state index < -0.39 is 0 Å². The number of aliphatic hydroxyl groups excluding tert-OH is 1. The van der Waals surface area contributed by atoms with Gasteiger partial charge in [0.05, 0.1) is 6.61 Å². The lowest BCUT2D eigenvalue weighted by atomic mass is 10.1. The molecule has 0 amide bonds. The lowest BCUT2D eigenvalue weighted by Crippen LogP contribution is -1.95. The maximum atomic E-state index is 8.94. The topological polar surface area (TPSA) is 46.2 Å². The van der Waals surface area contributed by atoms with Crippen molar-refractivity contribution in [3.63, 3.8) is 0 Å². The first-order chi connectivity index (χ1) is 6.77. The summed E-state index contributed by atoms with van der Waals surface area (Å²) in [5.74, 6) is 0. The van der Waals surface area contributed by atoms with Crippen LogP contribution in [-0.4, -0.2) is 11.7 Å². The summed E-state index contributed by atoms with van der Waals surface area (Å²) in [6, 6.07) is 5.47. The van der Waals surface area contributed by atoms with Crippen molar-refractivity contribution >= 4 is 17.7 Å². The maximum Gasteiger partial charge on any atom is 0.0682 e. The zero-order valence-corrected chi connectivity index (χ0v) is 8.67. The fourth-order valence-electron chi connectivity index (χ4n) is 1.13. The number of benzene rings is 1. The Morgan fingerprint density at radius 3 is 2.86 bits per heavy atom. The van der Waals surface area contributed by atoms with Gasteiger partial charge in [-0.3, -0.25) is 0 Å². The number of rotatable bonds is 4. The monoisotopic (exact) mass is 211 g/mol. The number of nitrogens with two attached hydrogens (primary N) is 1. The Balaban J connectivity index is 2.83. The first kappa shape index (κ1) is 11.2. The molecule has 0 fully saturated rings. The molecule has 0 aliphatic carbocycles. The van der Waals surface area contributed by atoms with Gasteiger partial charge in [-0.2, -0.15) is 0 Å². The van der Waals surface area contributed by atoms with Crippen LogP contribution in [0.1, 0.15) is 17.5 Å². The molecule has 0 aliphatic heterocycles. The molecule has 0 atom stereocenters. The van der Waals surface area contributed by atoms with Crippen LogP contribution in [-0.2, 0) is 6.61 Å². The number of hydrogen-bond donors (Lipinski definition) is 2. The third kappa shape index (κ3) is 3.14. The Bertz CT molecular complexity index is 323. The molecule has 1 aromatic carbocycles. The molecule has 0 bridgehead atoms. The lowest BCUT2D eigenvalue weighted by Gasteiger charge is -2.01. The number of halogens is 1. The van der Waals surface area contributed by atoms with E-state index in [1.54, 1.807) is 6.07 Å². The van der Waals surface area contributed by atoms with E-state index in [0.717, 1.165) is 17.5 Å². The standard InChI is InChI=1S/C11H14ClNO/c12-11-5-4-9(8-14)7-10(11)3-1-2-6-13/h1,3-5,7,14H,2,6,8,13H2. The largest absolute Gasteiger partial charge is 0.392 e. The molecular formula is C11H14ClNO. The summed E-state index contributed by atoms with van der Waals surface area (Å²) >= 11 is 5.97. The molecule has 0 saturated carbocycles. The summed E-state index contributed by atoms with van der Waals surface area (Å²) in [6.45, 7) is 0.669. The van der Waals surface area contributed by atoms with E-state index in [-0.39, 0.29) is 6.61 Å². The van der Waals surface area contributed by atoms with Crippen molar-refractivity contribution in [1.29, 1.82) is 0 Å². The fourth-order valence-corrected chi connectivity index (χ4v) is 1.31. The molecule has 0 spiro atoms. The van der Waals surface area contributed by atoms with Gasteiger partial charge in [-0.25, -0.2) is 0 Å². The van der Waals surface area contributed by atoms with E-state index in [4.69, 9.17) is 22.4 Å². The maximum absolute atomic E-state index is 8.94. The van der Waals surface area contributed by atoms with Crippen LogP contribution < -0.4 is 5.73 Å². The quantitative estimate of drug-likeness (QED) is 0.802. The van der Waals surface area contributed by atoms with E-state index in [9.17, 15) is 0 Å². The Kier molecular flexibility index (Phi) is 4.66. The summed E-state index contributed by atoms with van der Waals surface area (Å²) < 4.78 is 0. The van der Waals surface area contributed by atoms with Gasteiger partial charge in [0.2, 0.25) is 0 Å². The Hall–Kier alpha value is -0.830. The Morgan fingerprint density at radius 2 is 2.21 bits per heavy atom. The van der Waals surface area contributed by atoms with E-state index in [2.05, 4.69) is 0 Å². The predicted molar refractivity (Wildman–Crippen MR) is 60.1 cm³/mol. The molecule has 0 radical (unpaired) electrons. The van der Waals surface area contributed by atoms with Crippen molar-refractivity contribution in [3.05, 3.63) is 40.4 Å². The van der Waals surface area contributed by atoms with Gasteiger partial charge in [0.15, 0.2) is 0 Å². The van der Waals surface area contributed by atoms with Crippen LogP contribution in [0.3, 0.4) is 0 Å². The van der Waals surface area contributed by atoms with Crippen molar-refractivity contribution in [1.82, 2.24) is 0 Å². The summed E-state index contributed by atoms with van der Waals surface area (Å²) in [5.41, 5.74) is 7.15. The highest BCUT2D eigenvalue weighted by molar-refractivity contribution is 6.32. The second-order valence-electron chi connectivity index (χ2n) is 2.99. The fraction of sp³-hybridized carbons (Fsp3) is 0.273. The van der Waals surface area contributed by atoms with Crippen molar-refractivity contribution in [2.75, 3.05) is 6.54 Å². The summed E-state index contributed by atoms with van der Waals surface area (Å²) in [4.78, 5) is 0. The highest BCUT2D eigenvalue weighted by Crippen LogP contribution is 2.19. The Labute approximate surface area is 89.0 Å². The van der Waals surface area contributed by atoms with E-state index >= 15 is 0 Å². The van der Waals surface area contributed by atoms with Crippen molar-refractivity contribution in [2.45, 2.75) is 13.0 Å². The van der Waals surface area contributed by atoms with Gasteiger partial charge in [0.25, 0.3) is 0 Å². The van der Waals surface area contributed by atoms with Crippen LogP contribution in [0, 0.1) is 0 Å². The molecule has 0 aromatic heterocycles. The van der Waals surface area contributed by atoms with Gasteiger partial charge >= 0.3 is 0 Å². The minimum Gasteiger partial charge on any atom is -0.392 e. The Morgan fingerprint density at radius 1 is 1.43 bits per heavy atom. The number of aliphatic hydroxyl groups is 1. The highest BCUT2D eigenvalue weighted by atomic mass is 35.5. The van der Waals surface area contributed by atoms with Crippen LogP contribution in [0.2, 0.25) is 5.02 Å². The van der Waals surface area contributed by atoms with Crippen LogP contribution in [0.4, 0.5) is 0 Å². The summed E-state index contributed by atoms with van der Waals surface area (Å²) in [7, 11) is 0. The van der Waals surface area contributed by atoms with Gasteiger partial charge in [-0.15, -0.1) is 0 Å². The summed E-state index contributed by atoms with van der Waals surface area (Å²) in [5, 5.41) is 9.63. The van der Waals surface area contributed by atoms with Crippen molar-refractivity contribution in [2.24, 2.45) is 5.73 Å². The SMILES string of the molecule is NCCC=Cc1cc(CO)ccc1Cl. The average molecular weight is 212 g/mol. The number of hydrogen-bond acceptors (Lipinski definition) is 2. The molecule has 0 saturated heterocycles. The molecule has 0 heterocycles. The second kappa shape index (κ2) is 5.81. The molecular weight excluding hydrogens is 198 g/mol. The highest BCUT2D eigenvalue weighted by Gasteiger charge is 1.97. The summed E-state index contributed by atoms with van der Waals surface area (Å²) in [6.07, 6.45) is 4.73. The molecule has 1 aromatic rings. The molecule has 76 valence electrons. The molecule has 14 heavy (non-hydrogen) atoms. The van der Waals surface area contributed by atoms with Gasteiger partial charge in [-0.05, 0) is 36.2 Å². The molecule has 3 N–H and O–H groups in total. The zero-order valence-electron chi connectivity index (χ0n) is 7.91. The van der Waals surface area contributed by atoms with Crippen LogP contribution in [0.25, 0.3) is 6.08 Å². The van der Waals surface area contributed by atoms with Gasteiger partial charge in [0, 0.05) is 5.02 Å². The molecule has 2 nitrogen and oxygen atoms in total. The van der Waals surface area contributed by atoms with E-state index in [0.29, 0.717) is 11.6 Å².